The van der Waals surface area contributed by atoms with Gasteiger partial charge in [0.05, 0.1) is 23.3 Å². The van der Waals surface area contributed by atoms with Crippen LogP contribution in [0.1, 0.15) is 17.5 Å². The molecule has 0 radical (unpaired) electrons. The van der Waals surface area contributed by atoms with E-state index in [0.29, 0.717) is 12.0 Å². The zero-order chi connectivity index (χ0) is 21.5. The molecular formula is C21H21N3O5S. The summed E-state index contributed by atoms with van der Waals surface area (Å²) in [6.45, 7) is 0.280. The average Bonchev–Trinajstić information content (AvgIpc) is 3.06. The Bertz CT molecular complexity index is 1010. The zero-order valence-corrected chi connectivity index (χ0v) is 17.4. The van der Waals surface area contributed by atoms with Crippen molar-refractivity contribution in [1.82, 2.24) is 4.90 Å². The Morgan fingerprint density at radius 3 is 2.63 bits per heavy atom. The van der Waals surface area contributed by atoms with Gasteiger partial charge in [0.2, 0.25) is 5.91 Å². The molecular weight excluding hydrogens is 406 g/mol. The number of amides is 1. The monoisotopic (exact) mass is 427 g/mol. The van der Waals surface area contributed by atoms with Crippen molar-refractivity contribution in [3.8, 4) is 0 Å². The highest BCUT2D eigenvalue weighted by Crippen LogP contribution is 2.53. The van der Waals surface area contributed by atoms with Gasteiger partial charge >= 0.3 is 5.97 Å². The second-order valence-corrected chi connectivity index (χ2v) is 9.05. The maximum Gasteiger partial charge on any atom is 0.329 e. The van der Waals surface area contributed by atoms with Crippen molar-refractivity contribution in [2.24, 2.45) is 0 Å². The van der Waals surface area contributed by atoms with Crippen LogP contribution >= 0.6 is 11.8 Å². The van der Waals surface area contributed by atoms with Gasteiger partial charge in [-0.1, -0.05) is 12.1 Å². The molecule has 156 valence electrons. The van der Waals surface area contributed by atoms with E-state index in [1.165, 1.54) is 23.9 Å². The fraction of sp³-hybridized carbons (Fsp3) is 0.333. The van der Waals surface area contributed by atoms with Gasteiger partial charge in [-0.05, 0) is 35.4 Å². The van der Waals surface area contributed by atoms with E-state index in [1.54, 1.807) is 17.0 Å². The molecule has 1 amide bonds. The lowest BCUT2D eigenvalue weighted by atomic mass is 9.95. The first kappa shape index (κ1) is 20.2. The van der Waals surface area contributed by atoms with Crippen LogP contribution in [0.5, 0.6) is 0 Å². The molecule has 1 unspecified atom stereocenters. The molecule has 30 heavy (non-hydrogen) atoms. The summed E-state index contributed by atoms with van der Waals surface area (Å²) >= 11 is 1.46. The molecule has 8 nitrogen and oxygen atoms in total. The minimum atomic E-state index is -0.996. The summed E-state index contributed by atoms with van der Waals surface area (Å²) in [7, 11) is 3.86. The first-order chi connectivity index (χ1) is 14.3. The minimum absolute atomic E-state index is 0.00508. The second-order valence-electron chi connectivity index (χ2n) is 7.57. The Hall–Kier alpha value is -3.07. The van der Waals surface area contributed by atoms with Gasteiger partial charge in [0.25, 0.3) is 5.69 Å². The van der Waals surface area contributed by atoms with Crippen molar-refractivity contribution < 1.29 is 19.2 Å². The van der Waals surface area contributed by atoms with Crippen LogP contribution < -0.4 is 4.90 Å². The number of ether oxygens (including phenoxy) is 1. The van der Waals surface area contributed by atoms with Gasteiger partial charge in [0.1, 0.15) is 6.61 Å². The lowest BCUT2D eigenvalue weighted by Gasteiger charge is -2.32. The SMILES string of the molecule is CN(C)c1cccc(C2(C(=O)OCc3ccc([N+](=O)[O-])cc3)CN3C(=O)C[C@H]3S2)c1. The zero-order valence-electron chi connectivity index (χ0n) is 16.6. The van der Waals surface area contributed by atoms with E-state index < -0.39 is 15.6 Å². The predicted octanol–water partition coefficient (Wildman–Crippen LogP) is 2.90. The van der Waals surface area contributed by atoms with Crippen molar-refractivity contribution in [3.63, 3.8) is 0 Å². The Morgan fingerprint density at radius 2 is 2.03 bits per heavy atom. The standard InChI is InChI=1S/C21H21N3O5S/c1-22(2)17-5-3-4-15(10-17)21(13-23-18(25)11-19(23)30-21)20(26)29-12-14-6-8-16(9-7-14)24(27)28/h3-10,19H,11-13H2,1-2H3/t19-,21?/m1/s1. The van der Waals surface area contributed by atoms with Crippen LogP contribution in [0.15, 0.2) is 48.5 Å². The number of fused-ring (bicyclic) bond motifs is 1. The molecule has 2 aromatic carbocycles. The molecule has 0 aliphatic carbocycles. The molecule has 2 fully saturated rings. The summed E-state index contributed by atoms with van der Waals surface area (Å²) in [6, 6.07) is 13.6. The van der Waals surface area contributed by atoms with E-state index in [0.717, 1.165) is 11.3 Å². The molecule has 2 heterocycles. The third-order valence-corrected chi connectivity index (χ3v) is 7.05. The molecule has 0 spiro atoms. The first-order valence-electron chi connectivity index (χ1n) is 9.46. The second kappa shape index (κ2) is 7.64. The number of thioether (sulfide) groups is 1. The topological polar surface area (TPSA) is 93.0 Å². The van der Waals surface area contributed by atoms with Crippen LogP contribution in [0.25, 0.3) is 0 Å². The summed E-state index contributed by atoms with van der Waals surface area (Å²) in [5, 5.41) is 10.8. The van der Waals surface area contributed by atoms with E-state index in [1.807, 2.05) is 43.3 Å². The van der Waals surface area contributed by atoms with Gasteiger partial charge < -0.3 is 14.5 Å². The summed E-state index contributed by atoms with van der Waals surface area (Å²) in [5.41, 5.74) is 2.40. The first-order valence-corrected chi connectivity index (χ1v) is 10.3. The molecule has 0 aromatic heterocycles. The van der Waals surface area contributed by atoms with Gasteiger partial charge in [0.15, 0.2) is 4.75 Å². The quantitative estimate of drug-likeness (QED) is 0.303. The number of nitro groups is 1. The highest BCUT2D eigenvalue weighted by Gasteiger charge is 2.58. The van der Waals surface area contributed by atoms with E-state index >= 15 is 0 Å². The largest absolute Gasteiger partial charge is 0.459 e. The number of carbonyl (C=O) groups excluding carboxylic acids is 2. The number of anilines is 1. The molecule has 0 N–H and O–H groups in total. The lowest BCUT2D eigenvalue weighted by molar-refractivity contribution is -0.384. The fourth-order valence-corrected chi connectivity index (χ4v) is 5.28. The Kier molecular flexibility index (Phi) is 5.15. The Morgan fingerprint density at radius 1 is 1.30 bits per heavy atom. The van der Waals surface area contributed by atoms with Crippen molar-refractivity contribution in [1.29, 1.82) is 0 Å². The summed E-state index contributed by atoms with van der Waals surface area (Å²) in [5.74, 6) is -0.370. The van der Waals surface area contributed by atoms with E-state index in [-0.39, 0.29) is 30.1 Å². The highest BCUT2D eigenvalue weighted by atomic mass is 32.2. The third-order valence-electron chi connectivity index (χ3n) is 5.42. The van der Waals surface area contributed by atoms with Crippen LogP contribution in [0, 0.1) is 10.1 Å². The van der Waals surface area contributed by atoms with Gasteiger partial charge in [-0.2, -0.15) is 0 Å². The van der Waals surface area contributed by atoms with E-state index in [4.69, 9.17) is 4.74 Å². The molecule has 0 saturated carbocycles. The van der Waals surface area contributed by atoms with Gasteiger partial charge in [0, 0.05) is 31.9 Å². The van der Waals surface area contributed by atoms with E-state index in [2.05, 4.69) is 0 Å². The molecule has 2 aromatic rings. The minimum Gasteiger partial charge on any atom is -0.459 e. The van der Waals surface area contributed by atoms with Crippen LogP contribution in [0.4, 0.5) is 11.4 Å². The average molecular weight is 427 g/mol. The number of nitro benzene ring substituents is 1. The van der Waals surface area contributed by atoms with Crippen LogP contribution in [-0.2, 0) is 25.7 Å². The number of nitrogens with zero attached hydrogens (tertiary/aromatic N) is 3. The van der Waals surface area contributed by atoms with Crippen molar-refractivity contribution in [2.75, 3.05) is 25.5 Å². The molecule has 2 aliphatic heterocycles. The predicted molar refractivity (Wildman–Crippen MR) is 113 cm³/mol. The fourth-order valence-electron chi connectivity index (χ4n) is 3.63. The lowest BCUT2D eigenvalue weighted by Crippen LogP contribution is -2.48. The Balaban J connectivity index is 1.58. The van der Waals surface area contributed by atoms with Crippen molar-refractivity contribution in [2.45, 2.75) is 23.1 Å². The van der Waals surface area contributed by atoms with Crippen molar-refractivity contribution in [3.05, 3.63) is 69.8 Å². The molecule has 0 bridgehead atoms. The van der Waals surface area contributed by atoms with Gasteiger partial charge in [-0.3, -0.25) is 19.7 Å². The number of rotatable bonds is 6. The maximum atomic E-state index is 13.3. The Labute approximate surface area is 177 Å². The molecule has 2 atom stereocenters. The van der Waals surface area contributed by atoms with Crippen LogP contribution in [0.2, 0.25) is 0 Å². The third kappa shape index (κ3) is 3.49. The number of benzene rings is 2. The number of hydrogen-bond donors (Lipinski definition) is 0. The number of carbonyl (C=O) groups is 2. The summed E-state index contributed by atoms with van der Waals surface area (Å²) < 4.78 is 4.65. The smallest absolute Gasteiger partial charge is 0.329 e. The maximum absolute atomic E-state index is 13.3. The highest BCUT2D eigenvalue weighted by molar-refractivity contribution is 8.01. The van der Waals surface area contributed by atoms with Crippen LogP contribution in [-0.4, -0.2) is 47.7 Å². The van der Waals surface area contributed by atoms with Crippen molar-refractivity contribution >= 4 is 35.0 Å². The molecule has 9 heteroatoms. The van der Waals surface area contributed by atoms with E-state index in [9.17, 15) is 19.7 Å². The number of hydrogen-bond acceptors (Lipinski definition) is 7. The number of esters is 1. The normalized spacial score (nSPS) is 22.3. The van der Waals surface area contributed by atoms with Gasteiger partial charge in [-0.15, -0.1) is 11.8 Å². The molecule has 2 aliphatic rings. The molecule has 4 rings (SSSR count). The summed E-state index contributed by atoms with van der Waals surface area (Å²) in [6.07, 6.45) is 0.426. The number of non-ortho nitro benzene ring substituents is 1. The van der Waals surface area contributed by atoms with Crippen LogP contribution in [0.3, 0.4) is 0 Å². The molecule has 2 saturated heterocycles. The van der Waals surface area contributed by atoms with Gasteiger partial charge in [-0.25, -0.2) is 0 Å². The number of β-lactam (4-membered cyclic amide) rings is 1. The summed E-state index contributed by atoms with van der Waals surface area (Å²) in [4.78, 5) is 39.3.